The minimum absolute atomic E-state index is 0.0110. The van der Waals surface area contributed by atoms with Crippen molar-refractivity contribution >= 4 is 124 Å². The molecular formula is C108H116N8O8. The fourth-order valence-corrected chi connectivity index (χ4v) is 18.7. The van der Waals surface area contributed by atoms with E-state index in [1.54, 1.807) is 30.3 Å². The normalized spacial score (nSPS) is 14.2. The van der Waals surface area contributed by atoms with E-state index >= 15 is 0 Å². The number of alkyl carbamates (subject to hydrolysis) is 1. The summed E-state index contributed by atoms with van der Waals surface area (Å²) < 4.78 is 10.8. The number of aliphatic hydroxyl groups excluding tert-OH is 1. The molecular weight excluding hydrogens is 1540 g/mol. The van der Waals surface area contributed by atoms with Gasteiger partial charge in [0.15, 0.2) is 0 Å². The van der Waals surface area contributed by atoms with Crippen molar-refractivity contribution in [2.45, 2.75) is 181 Å². The van der Waals surface area contributed by atoms with E-state index in [1.807, 2.05) is 137 Å². The van der Waals surface area contributed by atoms with Gasteiger partial charge in [-0.2, -0.15) is 4.99 Å². The number of para-hydroxylation sites is 4. The SMILES string of the molecule is CCC(C)(CC(C)n1c2ccccc2c2ccccc21)c1cccc(C(C)(C)N=C=O)c1.CCCCc1ccc(N2C(=O)c3cccc4c(N(C)CCO)ccc(c34)C2=O)cc1.CCCCc1ccc(N2C(=O)c3cccc4c(N(C)CCOC(=O)NC(C)(C)c5cccc(C(C)(CC)CC(C)n6c7ccccc7c7ccccc76)c5)ccc(c34)C2=O)cc1. The van der Waals surface area contributed by atoms with Crippen LogP contribution in [-0.4, -0.2) is 90.4 Å². The first-order chi connectivity index (χ1) is 59.7. The standard InChI is InChI=1S/C54H58N4O4.C29H32N2O.C25H26N2O3/c1-8-10-17-37-26-28-40(29-27-37)58-50(59)44-23-16-22-43-46(31-30-45(49(43)44)51(58)60)56(7)32-33-62-52(61)55-53(4,5)38-18-15-19-39(34-38)54(6,9-2)35-36(3)57-47-24-13-11-20-41(47)42-21-12-14-25-48(42)57;1-6-29(5,23-13-11-12-22(18-23)28(3,4)30-20-32)19-21(2)31-26-16-9-7-14-24(26)25-15-8-10-17-27(25)31;1-3-4-6-17-9-11-18(12-10-17)27-24(29)20-8-5-7-19-22(26(2)15-16-28)14-13-21(23(19)20)25(27)30/h11-16,18-31,34,36H,8-10,17,32-33,35H2,1-7H3,(H,55,61);7-18,21H,6,19H2,1-5H3;5,7-14,28H,3-4,6,15-16H2,1-2H3. The van der Waals surface area contributed by atoms with Crippen molar-refractivity contribution in [2.75, 3.05) is 60.0 Å². The van der Waals surface area contributed by atoms with Crippen molar-refractivity contribution < 1.29 is 38.6 Å². The number of hydrogen-bond acceptors (Lipinski definition) is 11. The van der Waals surface area contributed by atoms with Gasteiger partial charge in [-0.25, -0.2) is 19.4 Å². The van der Waals surface area contributed by atoms with Crippen LogP contribution in [0.15, 0.2) is 260 Å². The number of ether oxygens (including phenoxy) is 1. The third-order valence-corrected chi connectivity index (χ3v) is 26.2. The van der Waals surface area contributed by atoms with E-state index in [2.05, 4.69) is 220 Å². The third kappa shape index (κ3) is 17.4. The number of rotatable bonds is 29. The van der Waals surface area contributed by atoms with E-state index in [-0.39, 0.29) is 53.7 Å². The van der Waals surface area contributed by atoms with Crippen LogP contribution in [0.4, 0.5) is 27.5 Å². The summed E-state index contributed by atoms with van der Waals surface area (Å²) in [5.41, 5.74) is 15.5. The molecule has 2 N–H and O–H groups in total. The molecule has 16 nitrogen and oxygen atoms in total. The number of anilines is 4. The predicted molar refractivity (Wildman–Crippen MR) is 508 cm³/mol. The summed E-state index contributed by atoms with van der Waals surface area (Å²) in [7, 11) is 3.81. The number of aliphatic imine (C=N–C) groups is 1. The van der Waals surface area contributed by atoms with Crippen LogP contribution in [-0.2, 0) is 44.3 Å². The Morgan fingerprint density at radius 3 is 1.19 bits per heavy atom. The topological polar surface area (TPSA) is 179 Å². The minimum Gasteiger partial charge on any atom is -0.448 e. The van der Waals surface area contributed by atoms with Crippen LogP contribution >= 0.6 is 0 Å². The molecule has 0 saturated carbocycles. The van der Waals surface area contributed by atoms with E-state index in [9.17, 15) is 33.9 Å². The minimum atomic E-state index is -0.702. The van der Waals surface area contributed by atoms with Crippen LogP contribution in [0.3, 0.4) is 0 Å². The maximum absolute atomic E-state index is 13.9. The summed E-state index contributed by atoms with van der Waals surface area (Å²) in [4.78, 5) is 89.3. The Morgan fingerprint density at radius 1 is 0.444 bits per heavy atom. The van der Waals surface area contributed by atoms with Crippen LogP contribution in [0.1, 0.15) is 221 Å². The molecule has 16 heteroatoms. The second kappa shape index (κ2) is 37.1. The Labute approximate surface area is 729 Å². The van der Waals surface area contributed by atoms with Gasteiger partial charge in [-0.1, -0.05) is 224 Å². The van der Waals surface area contributed by atoms with Gasteiger partial charge in [0.1, 0.15) is 6.61 Å². The second-order valence-electron chi connectivity index (χ2n) is 35.3. The number of aryl methyl sites for hydroxylation is 2. The highest BCUT2D eigenvalue weighted by molar-refractivity contribution is 6.38. The molecule has 124 heavy (non-hydrogen) atoms. The number of carbonyl (C=O) groups is 5. The Hall–Kier alpha value is -12.8. The fourth-order valence-electron chi connectivity index (χ4n) is 18.7. The number of imide groups is 2. The number of amides is 5. The Morgan fingerprint density at radius 2 is 0.798 bits per heavy atom. The average Bonchev–Trinajstić information content (AvgIpc) is 1.45. The van der Waals surface area contributed by atoms with E-state index in [0.717, 1.165) is 97.5 Å². The van der Waals surface area contributed by atoms with Gasteiger partial charge >= 0.3 is 6.09 Å². The summed E-state index contributed by atoms with van der Waals surface area (Å²) in [5.74, 6) is -1.28. The number of hydrogen-bond donors (Lipinski definition) is 2. The lowest BCUT2D eigenvalue weighted by atomic mass is 9.74. The van der Waals surface area contributed by atoms with E-state index in [0.29, 0.717) is 63.5 Å². The number of nitrogens with one attached hydrogen (secondary N) is 1. The summed E-state index contributed by atoms with van der Waals surface area (Å²) in [6.45, 7) is 27.2. The van der Waals surface area contributed by atoms with Gasteiger partial charge in [0, 0.05) is 132 Å². The number of unbranched alkanes of at least 4 members (excludes halogenated alkanes) is 2. The lowest BCUT2D eigenvalue weighted by Crippen LogP contribution is -2.42. The highest BCUT2D eigenvalue weighted by atomic mass is 16.5. The van der Waals surface area contributed by atoms with Gasteiger partial charge in [0.2, 0.25) is 6.08 Å². The summed E-state index contributed by atoms with van der Waals surface area (Å²) in [6, 6.07) is 86.4. The molecule has 636 valence electrons. The van der Waals surface area contributed by atoms with Crippen LogP contribution in [0, 0.1) is 0 Å². The monoisotopic (exact) mass is 1650 g/mol. The van der Waals surface area contributed by atoms with Crippen molar-refractivity contribution in [3.05, 3.63) is 310 Å². The molecule has 2 aliphatic rings. The highest BCUT2D eigenvalue weighted by Gasteiger charge is 2.39. The number of nitrogens with zero attached hydrogens (tertiary/aromatic N) is 7. The number of isocyanates is 1. The van der Waals surface area contributed by atoms with Gasteiger partial charge in [-0.3, -0.25) is 19.2 Å². The predicted octanol–water partition coefficient (Wildman–Crippen LogP) is 24.6. The van der Waals surface area contributed by atoms with Crippen molar-refractivity contribution in [2.24, 2.45) is 4.99 Å². The number of fused-ring (bicyclic) bond motifs is 6. The van der Waals surface area contributed by atoms with Crippen molar-refractivity contribution in [3.63, 3.8) is 0 Å². The fraction of sp³-hybridized carbons (Fsp3) is 0.315. The maximum atomic E-state index is 13.9. The molecule has 12 aromatic carbocycles. The maximum Gasteiger partial charge on any atom is 0.407 e. The first-order valence-electron chi connectivity index (χ1n) is 44.0. The molecule has 0 fully saturated rings. The first kappa shape index (κ1) is 87.6. The number of carbonyl (C=O) groups excluding carboxylic acids is 6. The van der Waals surface area contributed by atoms with E-state index in [1.165, 1.54) is 75.7 Å². The molecule has 2 aliphatic heterocycles. The summed E-state index contributed by atoms with van der Waals surface area (Å²) >= 11 is 0. The number of likely N-dealkylation sites (N-methyl/N-ethyl adjacent to an activating group) is 2. The molecule has 16 rings (SSSR count). The third-order valence-electron chi connectivity index (χ3n) is 26.2. The van der Waals surface area contributed by atoms with Crippen molar-refractivity contribution in [1.29, 1.82) is 0 Å². The van der Waals surface area contributed by atoms with Crippen molar-refractivity contribution in [3.8, 4) is 0 Å². The summed E-state index contributed by atoms with van der Waals surface area (Å²) in [6.07, 6.45) is 11.5. The van der Waals surface area contributed by atoms with Gasteiger partial charge in [0.05, 0.1) is 35.6 Å². The number of aromatic nitrogens is 2. The zero-order valence-electron chi connectivity index (χ0n) is 74.2. The van der Waals surface area contributed by atoms with E-state index < -0.39 is 17.2 Å². The van der Waals surface area contributed by atoms with Gasteiger partial charge in [-0.15, -0.1) is 0 Å². The second-order valence-corrected chi connectivity index (χ2v) is 35.3. The largest absolute Gasteiger partial charge is 0.448 e. The van der Waals surface area contributed by atoms with Crippen LogP contribution in [0.2, 0.25) is 0 Å². The molecule has 0 bridgehead atoms. The molecule has 0 radical (unpaired) electrons. The zero-order valence-corrected chi connectivity index (χ0v) is 74.2. The molecule has 4 heterocycles. The van der Waals surface area contributed by atoms with Crippen LogP contribution in [0.25, 0.3) is 65.2 Å². The van der Waals surface area contributed by atoms with Crippen LogP contribution < -0.4 is 24.9 Å². The van der Waals surface area contributed by atoms with Gasteiger partial charge in [0.25, 0.3) is 23.6 Å². The Balaban J connectivity index is 0.000000168. The molecule has 0 spiro atoms. The zero-order chi connectivity index (χ0) is 87.9. The molecule has 4 unspecified atom stereocenters. The van der Waals surface area contributed by atoms with Crippen LogP contribution in [0.5, 0.6) is 0 Å². The Kier molecular flexibility index (Phi) is 26.2. The molecule has 2 aromatic heterocycles. The first-order valence-corrected chi connectivity index (χ1v) is 44.0. The lowest BCUT2D eigenvalue weighted by molar-refractivity contribution is 0.0877. The molecule has 14 aromatic rings. The van der Waals surface area contributed by atoms with Crippen molar-refractivity contribution in [1.82, 2.24) is 14.5 Å². The smallest absolute Gasteiger partial charge is 0.407 e. The quantitative estimate of drug-likeness (QED) is 0.0260. The molecule has 0 aliphatic carbocycles. The average molecular weight is 1650 g/mol. The number of aliphatic hydroxyl groups is 1. The van der Waals surface area contributed by atoms with Gasteiger partial charge < -0.3 is 34.1 Å². The molecule has 4 atom stereocenters. The summed E-state index contributed by atoms with van der Waals surface area (Å²) in [5, 5.41) is 20.6. The molecule has 0 saturated heterocycles. The Bertz CT molecular complexity index is 6220. The van der Waals surface area contributed by atoms with E-state index in [4.69, 9.17) is 4.74 Å². The molecule has 5 amide bonds. The number of benzene rings is 12. The highest BCUT2D eigenvalue weighted by Crippen LogP contribution is 2.46. The van der Waals surface area contributed by atoms with Gasteiger partial charge in [-0.05, 0) is 222 Å². The lowest BCUT2D eigenvalue weighted by Gasteiger charge is -2.35.